The molecule has 0 spiro atoms. The van der Waals surface area contributed by atoms with Crippen molar-refractivity contribution in [2.75, 3.05) is 0 Å². The SMILES string of the molecule is Cc1c(F)cc(C(=O)NC2CC2)cc1-c1ccc(C(=O)NC2(C#N)CCCCC2)cc1. The molecule has 0 bridgehead atoms. The van der Waals surface area contributed by atoms with Crippen LogP contribution in [0.2, 0.25) is 0 Å². The van der Waals surface area contributed by atoms with Crippen molar-refractivity contribution in [3.05, 3.63) is 58.9 Å². The zero-order chi connectivity index (χ0) is 22.0. The fraction of sp³-hybridized carbons (Fsp3) is 0.400. The molecular weight excluding hydrogens is 393 g/mol. The molecule has 2 saturated carbocycles. The third-order valence-corrected chi connectivity index (χ3v) is 6.25. The van der Waals surface area contributed by atoms with Gasteiger partial charge in [0, 0.05) is 17.2 Å². The summed E-state index contributed by atoms with van der Waals surface area (Å²) < 4.78 is 14.5. The molecule has 0 unspecified atom stereocenters. The molecule has 0 aliphatic heterocycles. The Morgan fingerprint density at radius 1 is 1.03 bits per heavy atom. The van der Waals surface area contributed by atoms with Gasteiger partial charge in [-0.1, -0.05) is 31.4 Å². The van der Waals surface area contributed by atoms with Gasteiger partial charge in [0.1, 0.15) is 11.4 Å². The van der Waals surface area contributed by atoms with E-state index in [4.69, 9.17) is 0 Å². The van der Waals surface area contributed by atoms with E-state index in [1.54, 1.807) is 37.3 Å². The second-order valence-corrected chi connectivity index (χ2v) is 8.66. The monoisotopic (exact) mass is 419 g/mol. The van der Waals surface area contributed by atoms with Crippen LogP contribution in [0, 0.1) is 24.1 Å². The minimum Gasteiger partial charge on any atom is -0.349 e. The Kier molecular flexibility index (Phi) is 5.77. The highest BCUT2D eigenvalue weighted by molar-refractivity contribution is 5.97. The van der Waals surface area contributed by atoms with Crippen LogP contribution in [0.4, 0.5) is 4.39 Å². The summed E-state index contributed by atoms with van der Waals surface area (Å²) in [5.74, 6) is -0.989. The van der Waals surface area contributed by atoms with Crippen LogP contribution < -0.4 is 10.6 Å². The summed E-state index contributed by atoms with van der Waals surface area (Å²) in [6.45, 7) is 1.67. The van der Waals surface area contributed by atoms with Crippen molar-refractivity contribution in [3.63, 3.8) is 0 Å². The Bertz CT molecular complexity index is 1050. The number of benzene rings is 2. The Labute approximate surface area is 181 Å². The molecule has 2 aliphatic rings. The number of nitrogens with zero attached hydrogens (tertiary/aromatic N) is 1. The highest BCUT2D eigenvalue weighted by Crippen LogP contribution is 2.30. The van der Waals surface area contributed by atoms with Crippen molar-refractivity contribution in [2.24, 2.45) is 0 Å². The molecule has 0 saturated heterocycles. The van der Waals surface area contributed by atoms with E-state index in [2.05, 4.69) is 16.7 Å². The lowest BCUT2D eigenvalue weighted by Crippen LogP contribution is -2.48. The average molecular weight is 420 g/mol. The second-order valence-electron chi connectivity index (χ2n) is 8.66. The van der Waals surface area contributed by atoms with Gasteiger partial charge in [-0.2, -0.15) is 5.26 Å². The van der Waals surface area contributed by atoms with E-state index in [0.29, 0.717) is 35.1 Å². The summed E-state index contributed by atoms with van der Waals surface area (Å²) >= 11 is 0. The zero-order valence-corrected chi connectivity index (χ0v) is 17.6. The average Bonchev–Trinajstić information content (AvgIpc) is 3.60. The number of halogens is 1. The lowest BCUT2D eigenvalue weighted by Gasteiger charge is -2.31. The fourth-order valence-corrected chi connectivity index (χ4v) is 4.12. The predicted octanol–water partition coefficient (Wildman–Crippen LogP) is 4.65. The number of carbonyl (C=O) groups excluding carboxylic acids is 2. The molecule has 2 N–H and O–H groups in total. The molecule has 5 nitrogen and oxygen atoms in total. The minimum atomic E-state index is -0.795. The summed E-state index contributed by atoms with van der Waals surface area (Å²) in [5, 5.41) is 15.4. The second kappa shape index (κ2) is 8.50. The van der Waals surface area contributed by atoms with Gasteiger partial charge in [0.15, 0.2) is 0 Å². The summed E-state index contributed by atoms with van der Waals surface area (Å²) in [7, 11) is 0. The fourth-order valence-electron chi connectivity index (χ4n) is 4.12. The van der Waals surface area contributed by atoms with Crippen molar-refractivity contribution >= 4 is 11.8 Å². The molecule has 31 heavy (non-hydrogen) atoms. The number of amides is 2. The molecular formula is C25H26FN3O2. The van der Waals surface area contributed by atoms with Gasteiger partial charge in [-0.3, -0.25) is 9.59 Å². The van der Waals surface area contributed by atoms with Crippen LogP contribution in [-0.2, 0) is 0 Å². The van der Waals surface area contributed by atoms with Crippen molar-refractivity contribution in [1.29, 1.82) is 5.26 Å². The van der Waals surface area contributed by atoms with E-state index in [0.717, 1.165) is 37.7 Å². The predicted molar refractivity (Wildman–Crippen MR) is 116 cm³/mol. The normalized spacial score (nSPS) is 17.5. The van der Waals surface area contributed by atoms with Crippen LogP contribution in [0.3, 0.4) is 0 Å². The Morgan fingerprint density at radius 2 is 1.71 bits per heavy atom. The van der Waals surface area contributed by atoms with Crippen LogP contribution >= 0.6 is 0 Å². The first-order valence-corrected chi connectivity index (χ1v) is 10.9. The molecule has 2 fully saturated rings. The van der Waals surface area contributed by atoms with Gasteiger partial charge in [-0.05, 0) is 73.6 Å². The third-order valence-electron chi connectivity index (χ3n) is 6.25. The maximum absolute atomic E-state index is 14.5. The van der Waals surface area contributed by atoms with Gasteiger partial charge in [0.05, 0.1) is 6.07 Å². The first kappa shape index (κ1) is 21.0. The molecule has 2 aliphatic carbocycles. The van der Waals surface area contributed by atoms with Gasteiger partial charge in [0.2, 0.25) is 0 Å². The molecule has 160 valence electrons. The summed E-state index contributed by atoms with van der Waals surface area (Å²) in [4.78, 5) is 25.1. The quantitative estimate of drug-likeness (QED) is 0.740. The molecule has 0 atom stereocenters. The number of carbonyl (C=O) groups is 2. The smallest absolute Gasteiger partial charge is 0.252 e. The van der Waals surface area contributed by atoms with E-state index in [1.807, 2.05) is 0 Å². The summed E-state index contributed by atoms with van der Waals surface area (Å²) in [6, 6.07) is 12.3. The lowest BCUT2D eigenvalue weighted by molar-refractivity contribution is 0.0901. The van der Waals surface area contributed by atoms with Gasteiger partial charge in [0.25, 0.3) is 11.8 Å². The number of hydrogen-bond acceptors (Lipinski definition) is 3. The van der Waals surface area contributed by atoms with Gasteiger partial charge >= 0.3 is 0 Å². The van der Waals surface area contributed by atoms with Crippen LogP contribution in [-0.4, -0.2) is 23.4 Å². The molecule has 2 aromatic rings. The molecule has 0 aromatic heterocycles. The largest absolute Gasteiger partial charge is 0.349 e. The molecule has 0 heterocycles. The first-order valence-electron chi connectivity index (χ1n) is 10.9. The standard InChI is InChI=1S/C25H26FN3O2/c1-16-21(13-19(14-22(16)26)23(30)28-20-9-10-20)17-5-7-18(8-6-17)24(31)29-25(15-27)11-3-2-4-12-25/h5-8,13-14,20H,2-4,9-12H2,1H3,(H,28,30)(H,29,31). The number of rotatable bonds is 5. The number of hydrogen-bond donors (Lipinski definition) is 2. The molecule has 2 aromatic carbocycles. The van der Waals surface area contributed by atoms with Crippen molar-refractivity contribution in [2.45, 2.75) is 63.5 Å². The molecule has 0 radical (unpaired) electrons. The van der Waals surface area contributed by atoms with E-state index in [9.17, 15) is 19.2 Å². The summed E-state index contributed by atoms with van der Waals surface area (Å²) in [6.07, 6.45) is 6.21. The third kappa shape index (κ3) is 4.61. The van der Waals surface area contributed by atoms with Crippen LogP contribution in [0.25, 0.3) is 11.1 Å². The Hall–Kier alpha value is -3.20. The van der Waals surface area contributed by atoms with Crippen LogP contribution in [0.1, 0.15) is 71.2 Å². The van der Waals surface area contributed by atoms with E-state index in [1.165, 1.54) is 6.07 Å². The molecule has 2 amide bonds. The topological polar surface area (TPSA) is 82.0 Å². The van der Waals surface area contributed by atoms with E-state index >= 15 is 0 Å². The van der Waals surface area contributed by atoms with Crippen molar-refractivity contribution < 1.29 is 14.0 Å². The zero-order valence-electron chi connectivity index (χ0n) is 17.6. The van der Waals surface area contributed by atoms with Gasteiger partial charge in [-0.15, -0.1) is 0 Å². The summed E-state index contributed by atoms with van der Waals surface area (Å²) in [5.41, 5.74) is 1.74. The Morgan fingerprint density at radius 3 is 2.32 bits per heavy atom. The Balaban J connectivity index is 1.55. The van der Waals surface area contributed by atoms with Crippen molar-refractivity contribution in [1.82, 2.24) is 10.6 Å². The highest BCUT2D eigenvalue weighted by Gasteiger charge is 2.33. The van der Waals surface area contributed by atoms with E-state index < -0.39 is 11.4 Å². The number of nitriles is 1. The van der Waals surface area contributed by atoms with E-state index in [-0.39, 0.29) is 17.9 Å². The lowest BCUT2D eigenvalue weighted by atomic mass is 9.82. The maximum atomic E-state index is 14.5. The molecule has 4 rings (SSSR count). The highest BCUT2D eigenvalue weighted by atomic mass is 19.1. The van der Waals surface area contributed by atoms with Crippen LogP contribution in [0.15, 0.2) is 36.4 Å². The number of nitrogens with one attached hydrogen (secondary N) is 2. The van der Waals surface area contributed by atoms with Crippen LogP contribution in [0.5, 0.6) is 0 Å². The van der Waals surface area contributed by atoms with Gasteiger partial charge in [-0.25, -0.2) is 4.39 Å². The van der Waals surface area contributed by atoms with Crippen molar-refractivity contribution in [3.8, 4) is 17.2 Å². The molecule has 6 heteroatoms. The first-order chi connectivity index (χ1) is 14.9. The van der Waals surface area contributed by atoms with Gasteiger partial charge < -0.3 is 10.6 Å². The maximum Gasteiger partial charge on any atom is 0.252 e. The minimum absolute atomic E-state index is 0.193.